The number of carbonyl (C=O) groups excluding carboxylic acids is 1. The van der Waals surface area contributed by atoms with Crippen LogP contribution in [-0.4, -0.2) is 26.7 Å². The van der Waals surface area contributed by atoms with Gasteiger partial charge in [-0.3, -0.25) is 4.79 Å². The lowest BCUT2D eigenvalue weighted by Crippen LogP contribution is -2.54. The number of nitrogens with zero attached hydrogens (tertiary/aromatic N) is 1. The second kappa shape index (κ2) is 10.5. The Morgan fingerprint density at radius 1 is 1.07 bits per heavy atom. The zero-order valence-electron chi connectivity index (χ0n) is 14.2. The van der Waals surface area contributed by atoms with Gasteiger partial charge in [0.05, 0.1) is 10.6 Å². The lowest BCUT2D eigenvalue weighted by Gasteiger charge is -2.27. The molecule has 148 valence electrons. The molecule has 10 heteroatoms. The highest BCUT2D eigenvalue weighted by Gasteiger charge is 2.35. The van der Waals surface area contributed by atoms with Crippen LogP contribution in [0.2, 0.25) is 10.0 Å². The van der Waals surface area contributed by atoms with E-state index in [0.29, 0.717) is 5.02 Å². The molecule has 1 aliphatic carbocycles. The first kappa shape index (κ1) is 23.0. The Morgan fingerprint density at radius 2 is 1.70 bits per heavy atom. The molecule has 0 unspecified atom stereocenters. The molecular formula is C17H18Cl5N3OS. The Hall–Kier alpha value is -0.300. The van der Waals surface area contributed by atoms with E-state index < -0.39 is 15.9 Å². The Morgan fingerprint density at radius 3 is 2.26 bits per heavy atom. The first-order valence-electron chi connectivity index (χ1n) is 8.36. The Bertz CT molecular complexity index is 726. The number of benzene rings is 1. The highest BCUT2D eigenvalue weighted by atomic mass is 35.6. The fraction of sp³-hybridized carbons (Fsp3) is 0.471. The summed E-state index contributed by atoms with van der Waals surface area (Å²) in [5.41, 5.74) is 1.21. The summed E-state index contributed by atoms with van der Waals surface area (Å²) in [4.78, 5) is 16.9. The fourth-order valence-electron chi connectivity index (χ4n) is 2.63. The van der Waals surface area contributed by atoms with E-state index in [-0.39, 0.29) is 15.7 Å². The van der Waals surface area contributed by atoms with Crippen LogP contribution < -0.4 is 10.6 Å². The van der Waals surface area contributed by atoms with Gasteiger partial charge in [0.2, 0.25) is 3.79 Å². The van der Waals surface area contributed by atoms with E-state index in [1.807, 2.05) is 0 Å². The molecule has 4 nitrogen and oxygen atoms in total. The van der Waals surface area contributed by atoms with Crippen molar-refractivity contribution < 1.29 is 4.79 Å². The van der Waals surface area contributed by atoms with E-state index >= 15 is 0 Å². The van der Waals surface area contributed by atoms with Crippen LogP contribution in [0.4, 0.5) is 0 Å². The van der Waals surface area contributed by atoms with Crippen molar-refractivity contribution in [1.29, 1.82) is 0 Å². The van der Waals surface area contributed by atoms with E-state index in [1.54, 1.807) is 6.07 Å². The summed E-state index contributed by atoms with van der Waals surface area (Å²) in [6.45, 7) is 0. The van der Waals surface area contributed by atoms with E-state index in [1.165, 1.54) is 25.0 Å². The van der Waals surface area contributed by atoms with Crippen molar-refractivity contribution in [3.05, 3.63) is 33.8 Å². The summed E-state index contributed by atoms with van der Waals surface area (Å²) in [6.07, 6.45) is 5.24. The summed E-state index contributed by atoms with van der Waals surface area (Å²) in [5, 5.41) is 6.14. The minimum Gasteiger partial charge on any atom is -0.337 e. The Labute approximate surface area is 188 Å². The molecule has 0 aliphatic heterocycles. The van der Waals surface area contributed by atoms with E-state index in [9.17, 15) is 4.79 Å². The zero-order valence-corrected chi connectivity index (χ0v) is 18.8. The molecule has 1 aromatic carbocycles. The molecule has 2 rings (SSSR count). The second-order valence-corrected chi connectivity index (χ2v) is 9.71. The molecule has 1 atom stereocenters. The molecule has 27 heavy (non-hydrogen) atoms. The van der Waals surface area contributed by atoms with Crippen LogP contribution in [0.5, 0.6) is 0 Å². The van der Waals surface area contributed by atoms with Crippen LogP contribution in [0.1, 0.15) is 48.9 Å². The highest BCUT2D eigenvalue weighted by Crippen LogP contribution is 2.30. The average Bonchev–Trinajstić information content (AvgIpc) is 2.81. The van der Waals surface area contributed by atoms with Crippen molar-refractivity contribution in [3.63, 3.8) is 0 Å². The number of amides is 1. The van der Waals surface area contributed by atoms with Crippen molar-refractivity contribution >= 4 is 87.0 Å². The molecule has 0 spiro atoms. The molecular weight excluding hydrogens is 472 g/mol. The van der Waals surface area contributed by atoms with E-state index in [2.05, 4.69) is 15.6 Å². The Balaban J connectivity index is 2.09. The maximum absolute atomic E-state index is 12.5. The van der Waals surface area contributed by atoms with Crippen molar-refractivity contribution in [1.82, 2.24) is 10.6 Å². The predicted octanol–water partition coefficient (Wildman–Crippen LogP) is 6.09. The Kier molecular flexibility index (Phi) is 8.91. The summed E-state index contributed by atoms with van der Waals surface area (Å²) in [6, 6.07) is 4.49. The van der Waals surface area contributed by atoms with Gasteiger partial charge in [-0.15, -0.1) is 0 Å². The van der Waals surface area contributed by atoms with Gasteiger partial charge in [-0.2, -0.15) is 0 Å². The van der Waals surface area contributed by atoms with Crippen molar-refractivity contribution in [2.75, 3.05) is 0 Å². The lowest BCUT2D eigenvalue weighted by molar-refractivity contribution is 0.0934. The van der Waals surface area contributed by atoms with Gasteiger partial charge < -0.3 is 10.6 Å². The molecule has 1 saturated carbocycles. The van der Waals surface area contributed by atoms with Gasteiger partial charge in [-0.1, -0.05) is 70.8 Å². The third-order valence-corrected chi connectivity index (χ3v) is 5.40. The quantitative estimate of drug-likeness (QED) is 0.234. The maximum Gasteiger partial charge on any atom is 0.254 e. The molecule has 1 aliphatic rings. The molecule has 1 aromatic rings. The number of thiocarbonyl (C=S) groups is 1. The third kappa shape index (κ3) is 7.56. The minimum atomic E-state index is -1.86. The molecule has 2 N–H and O–H groups in total. The number of nitrogens with one attached hydrogen (secondary N) is 2. The number of alkyl halides is 3. The van der Waals surface area contributed by atoms with Crippen molar-refractivity contribution in [3.8, 4) is 0 Å². The number of rotatable bonds is 3. The van der Waals surface area contributed by atoms with Crippen LogP contribution in [-0.2, 0) is 0 Å². The second-order valence-electron chi connectivity index (χ2n) is 6.11. The van der Waals surface area contributed by atoms with Crippen LogP contribution >= 0.6 is 70.2 Å². The van der Waals surface area contributed by atoms with E-state index in [4.69, 9.17) is 70.2 Å². The monoisotopic (exact) mass is 487 g/mol. The smallest absolute Gasteiger partial charge is 0.254 e. The van der Waals surface area contributed by atoms with E-state index in [0.717, 1.165) is 31.4 Å². The molecule has 1 fully saturated rings. The minimum absolute atomic E-state index is 0.158. The standard InChI is InChI=1S/C17H18Cl5N3OS/c18-10-7-8-12(13(19)9-10)14(26)24-15(17(20,21)22)25-16(27)23-11-5-3-1-2-4-6-11/h7-9,15H,1-6H2,(H,24,26)(H,25,27)/t15-/m0/s1. The van der Waals surface area contributed by atoms with Gasteiger partial charge in [-0.25, -0.2) is 4.99 Å². The average molecular weight is 490 g/mol. The van der Waals surface area contributed by atoms with Gasteiger partial charge in [0.15, 0.2) is 5.11 Å². The molecule has 1 amide bonds. The first-order chi connectivity index (χ1) is 12.7. The van der Waals surface area contributed by atoms with Crippen molar-refractivity contribution in [2.45, 2.75) is 48.5 Å². The topological polar surface area (TPSA) is 53.5 Å². The summed E-state index contributed by atoms with van der Waals surface area (Å²) in [5.74, 6) is -0.537. The van der Waals surface area contributed by atoms with Gasteiger partial charge in [-0.05, 0) is 56.1 Å². The summed E-state index contributed by atoms with van der Waals surface area (Å²) < 4.78 is -1.86. The number of hydrogen-bond donors (Lipinski definition) is 2. The molecule has 0 saturated heterocycles. The van der Waals surface area contributed by atoms with Gasteiger partial charge in [0.1, 0.15) is 6.17 Å². The van der Waals surface area contributed by atoms with Crippen LogP contribution in [0.3, 0.4) is 0 Å². The zero-order chi connectivity index (χ0) is 20.0. The maximum atomic E-state index is 12.5. The SMILES string of the molecule is O=C(N[C@@H](NC(=S)N=C1CCCCCC1)C(Cl)(Cl)Cl)c1ccc(Cl)cc1Cl. The highest BCUT2D eigenvalue weighted by molar-refractivity contribution is 7.80. The summed E-state index contributed by atoms with van der Waals surface area (Å²) >= 11 is 35.2. The van der Waals surface area contributed by atoms with Crippen LogP contribution in [0.15, 0.2) is 23.2 Å². The predicted molar refractivity (Wildman–Crippen MR) is 119 cm³/mol. The number of hydrogen-bond acceptors (Lipinski definition) is 2. The number of halogens is 5. The normalized spacial score (nSPS) is 16.3. The summed E-state index contributed by atoms with van der Waals surface area (Å²) in [7, 11) is 0. The first-order valence-corrected chi connectivity index (χ1v) is 10.7. The molecule has 0 bridgehead atoms. The fourth-order valence-corrected chi connectivity index (χ4v) is 3.70. The molecule has 0 radical (unpaired) electrons. The van der Waals surface area contributed by atoms with Crippen molar-refractivity contribution in [2.24, 2.45) is 4.99 Å². The van der Waals surface area contributed by atoms with Gasteiger partial charge >= 0.3 is 0 Å². The van der Waals surface area contributed by atoms with Crippen LogP contribution in [0, 0.1) is 0 Å². The van der Waals surface area contributed by atoms with Gasteiger partial charge in [0, 0.05) is 10.7 Å². The third-order valence-electron chi connectivity index (χ3n) is 3.99. The van der Waals surface area contributed by atoms with Gasteiger partial charge in [0.25, 0.3) is 5.91 Å². The molecule has 0 aromatic heterocycles. The lowest BCUT2D eigenvalue weighted by atomic mass is 10.2. The molecule has 0 heterocycles. The largest absolute Gasteiger partial charge is 0.337 e. The van der Waals surface area contributed by atoms with Crippen LogP contribution in [0.25, 0.3) is 0 Å². The number of aliphatic imine (C=N–C) groups is 1. The number of carbonyl (C=O) groups is 1.